The van der Waals surface area contributed by atoms with Gasteiger partial charge in [0.2, 0.25) is 0 Å². The zero-order valence-electron chi connectivity index (χ0n) is 10.2. The largest absolute Gasteiger partial charge is 0.462 e. The molecule has 18 heavy (non-hydrogen) atoms. The minimum Gasteiger partial charge on any atom is -0.462 e. The van der Waals surface area contributed by atoms with E-state index in [0.717, 1.165) is 0 Å². The maximum Gasteiger partial charge on any atom is 0.411 e. The van der Waals surface area contributed by atoms with Gasteiger partial charge in [-0.3, -0.25) is 5.32 Å². The summed E-state index contributed by atoms with van der Waals surface area (Å²) in [5.41, 5.74) is 0.944. The summed E-state index contributed by atoms with van der Waals surface area (Å²) in [4.78, 5) is 22.7. The number of hydrogen-bond acceptors (Lipinski definition) is 4. The van der Waals surface area contributed by atoms with Gasteiger partial charge in [0.15, 0.2) is 0 Å². The summed E-state index contributed by atoms with van der Waals surface area (Å²) >= 11 is 3.27. The van der Waals surface area contributed by atoms with Gasteiger partial charge in [-0.25, -0.2) is 9.59 Å². The lowest BCUT2D eigenvalue weighted by Crippen LogP contribution is -2.14. The first-order valence-electron chi connectivity index (χ1n) is 5.49. The number of carbonyl (C=O) groups is 2. The highest BCUT2D eigenvalue weighted by Gasteiger charge is 2.11. The van der Waals surface area contributed by atoms with E-state index >= 15 is 0 Å². The second-order valence-electron chi connectivity index (χ2n) is 3.26. The van der Waals surface area contributed by atoms with Crippen molar-refractivity contribution >= 4 is 33.7 Å². The number of rotatable bonds is 4. The van der Waals surface area contributed by atoms with Gasteiger partial charge in [-0.15, -0.1) is 0 Å². The van der Waals surface area contributed by atoms with Gasteiger partial charge in [0, 0.05) is 4.47 Å². The van der Waals surface area contributed by atoms with E-state index in [1.54, 1.807) is 32.0 Å². The van der Waals surface area contributed by atoms with Crippen molar-refractivity contribution in [2.45, 2.75) is 13.8 Å². The van der Waals surface area contributed by atoms with Gasteiger partial charge in [0.05, 0.1) is 24.5 Å². The third-order valence-electron chi connectivity index (χ3n) is 1.99. The van der Waals surface area contributed by atoms with Crippen molar-refractivity contribution in [2.75, 3.05) is 18.5 Å². The standard InChI is InChI=1S/C12H14BrNO4/c1-3-17-11(15)8-5-6-10(9(13)7-8)14-12(16)18-4-2/h5-7H,3-4H2,1-2H3,(H,14,16). The van der Waals surface area contributed by atoms with E-state index < -0.39 is 12.1 Å². The number of anilines is 1. The van der Waals surface area contributed by atoms with Gasteiger partial charge >= 0.3 is 12.1 Å². The Balaban J connectivity index is 2.79. The molecule has 0 atom stereocenters. The second-order valence-corrected chi connectivity index (χ2v) is 4.11. The van der Waals surface area contributed by atoms with Crippen molar-refractivity contribution in [1.82, 2.24) is 0 Å². The normalized spacial score (nSPS) is 9.72. The van der Waals surface area contributed by atoms with Gasteiger partial charge in [-0.05, 0) is 48.0 Å². The first-order chi connectivity index (χ1) is 8.58. The van der Waals surface area contributed by atoms with Crippen molar-refractivity contribution in [2.24, 2.45) is 0 Å². The molecule has 0 saturated carbocycles. The Hall–Kier alpha value is -1.56. The zero-order chi connectivity index (χ0) is 13.5. The number of esters is 1. The van der Waals surface area contributed by atoms with Crippen LogP contribution in [0.25, 0.3) is 0 Å². The molecule has 0 aromatic heterocycles. The molecule has 6 heteroatoms. The average Bonchev–Trinajstić information content (AvgIpc) is 2.32. The first-order valence-corrected chi connectivity index (χ1v) is 6.28. The van der Waals surface area contributed by atoms with E-state index in [1.807, 2.05) is 0 Å². The van der Waals surface area contributed by atoms with Crippen LogP contribution in [0, 0.1) is 0 Å². The van der Waals surface area contributed by atoms with Crippen LogP contribution in [0.5, 0.6) is 0 Å². The van der Waals surface area contributed by atoms with E-state index in [0.29, 0.717) is 28.9 Å². The van der Waals surface area contributed by atoms with Crippen LogP contribution in [-0.2, 0) is 9.47 Å². The highest BCUT2D eigenvalue weighted by Crippen LogP contribution is 2.24. The third-order valence-corrected chi connectivity index (χ3v) is 2.65. The van der Waals surface area contributed by atoms with Crippen LogP contribution in [0.3, 0.4) is 0 Å². The van der Waals surface area contributed by atoms with Crippen LogP contribution in [-0.4, -0.2) is 25.3 Å². The summed E-state index contributed by atoms with van der Waals surface area (Å²) < 4.78 is 10.2. The fourth-order valence-electron chi connectivity index (χ4n) is 1.24. The predicted molar refractivity (Wildman–Crippen MR) is 70.7 cm³/mol. The van der Waals surface area contributed by atoms with E-state index in [9.17, 15) is 9.59 Å². The van der Waals surface area contributed by atoms with Gasteiger partial charge in [-0.2, -0.15) is 0 Å². The third kappa shape index (κ3) is 4.03. The molecule has 0 unspecified atom stereocenters. The average molecular weight is 316 g/mol. The summed E-state index contributed by atoms with van der Waals surface area (Å²) in [7, 11) is 0. The molecule has 0 aliphatic heterocycles. The molecule has 0 aliphatic carbocycles. The molecule has 0 radical (unpaired) electrons. The molecule has 98 valence electrons. The van der Waals surface area contributed by atoms with Crippen molar-refractivity contribution in [1.29, 1.82) is 0 Å². The minimum absolute atomic E-state index is 0.296. The monoisotopic (exact) mass is 315 g/mol. The first kappa shape index (κ1) is 14.5. The van der Waals surface area contributed by atoms with E-state index in [-0.39, 0.29) is 0 Å². The Morgan fingerprint density at radius 3 is 2.44 bits per heavy atom. The quantitative estimate of drug-likeness (QED) is 0.867. The van der Waals surface area contributed by atoms with Crippen molar-refractivity contribution in [3.8, 4) is 0 Å². The fourth-order valence-corrected chi connectivity index (χ4v) is 1.71. The summed E-state index contributed by atoms with van der Waals surface area (Å²) in [5, 5.41) is 2.55. The molecular weight excluding hydrogens is 302 g/mol. The molecule has 0 saturated heterocycles. The molecule has 0 fully saturated rings. The van der Waals surface area contributed by atoms with E-state index in [4.69, 9.17) is 9.47 Å². The van der Waals surface area contributed by atoms with Crippen molar-refractivity contribution in [3.05, 3.63) is 28.2 Å². The number of nitrogens with one attached hydrogen (secondary N) is 1. The molecule has 1 amide bonds. The van der Waals surface area contributed by atoms with Crippen LogP contribution >= 0.6 is 15.9 Å². The number of ether oxygens (including phenoxy) is 2. The van der Waals surface area contributed by atoms with Crippen molar-refractivity contribution in [3.63, 3.8) is 0 Å². The lowest BCUT2D eigenvalue weighted by atomic mass is 10.2. The van der Waals surface area contributed by atoms with E-state index in [1.165, 1.54) is 0 Å². The molecule has 1 aromatic rings. The predicted octanol–water partition coefficient (Wildman–Crippen LogP) is 3.19. The van der Waals surface area contributed by atoms with Gasteiger partial charge in [0.25, 0.3) is 0 Å². The molecule has 1 aromatic carbocycles. The number of halogens is 1. The Labute approximate surface area is 114 Å². The molecule has 0 spiro atoms. The maximum absolute atomic E-state index is 11.5. The molecule has 0 bridgehead atoms. The van der Waals surface area contributed by atoms with Crippen LogP contribution < -0.4 is 5.32 Å². The van der Waals surface area contributed by atoms with Crippen LogP contribution in [0.2, 0.25) is 0 Å². The lowest BCUT2D eigenvalue weighted by Gasteiger charge is -2.08. The van der Waals surface area contributed by atoms with Gasteiger partial charge in [-0.1, -0.05) is 0 Å². The smallest absolute Gasteiger partial charge is 0.411 e. The Morgan fingerprint density at radius 2 is 1.89 bits per heavy atom. The Morgan fingerprint density at radius 1 is 1.22 bits per heavy atom. The molecule has 0 aliphatic rings. The zero-order valence-corrected chi connectivity index (χ0v) is 11.7. The number of benzene rings is 1. The van der Waals surface area contributed by atoms with Crippen LogP contribution in [0.1, 0.15) is 24.2 Å². The lowest BCUT2D eigenvalue weighted by molar-refractivity contribution is 0.0526. The summed E-state index contributed by atoms with van der Waals surface area (Å²) in [6.07, 6.45) is -0.540. The number of hydrogen-bond donors (Lipinski definition) is 1. The summed E-state index contributed by atoms with van der Waals surface area (Å²) in [6.45, 7) is 4.08. The van der Waals surface area contributed by atoms with Crippen LogP contribution in [0.15, 0.2) is 22.7 Å². The molecule has 1 N–H and O–H groups in total. The molecule has 5 nitrogen and oxygen atoms in total. The van der Waals surface area contributed by atoms with Gasteiger partial charge in [0.1, 0.15) is 0 Å². The second kappa shape index (κ2) is 7.00. The highest BCUT2D eigenvalue weighted by molar-refractivity contribution is 9.10. The Bertz CT molecular complexity index is 448. The molecule has 0 heterocycles. The number of amides is 1. The minimum atomic E-state index is -0.540. The molecule has 1 rings (SSSR count). The summed E-state index contributed by atoms with van der Waals surface area (Å²) in [5.74, 6) is -0.402. The molecular formula is C12H14BrNO4. The van der Waals surface area contributed by atoms with Crippen molar-refractivity contribution < 1.29 is 19.1 Å². The van der Waals surface area contributed by atoms with Gasteiger partial charge < -0.3 is 9.47 Å². The highest BCUT2D eigenvalue weighted by atomic mass is 79.9. The fraction of sp³-hybridized carbons (Fsp3) is 0.333. The topological polar surface area (TPSA) is 64.6 Å². The maximum atomic E-state index is 11.5. The Kier molecular flexibility index (Phi) is 5.64. The van der Waals surface area contributed by atoms with E-state index in [2.05, 4.69) is 21.2 Å². The van der Waals surface area contributed by atoms with Crippen LogP contribution in [0.4, 0.5) is 10.5 Å². The SMILES string of the molecule is CCOC(=O)Nc1ccc(C(=O)OCC)cc1Br. The summed E-state index contributed by atoms with van der Waals surface area (Å²) in [6, 6.07) is 4.76. The number of carbonyl (C=O) groups excluding carboxylic acids is 2.